The van der Waals surface area contributed by atoms with Crippen LogP contribution in [0.15, 0.2) is 73.1 Å². The molecule has 5 rings (SSSR count). The highest BCUT2D eigenvalue weighted by molar-refractivity contribution is 5.84. The number of ether oxygens (including phenoxy) is 1. The summed E-state index contributed by atoms with van der Waals surface area (Å²) in [4.78, 5) is 17.7. The quantitative estimate of drug-likeness (QED) is 0.244. The van der Waals surface area contributed by atoms with Crippen molar-refractivity contribution in [3.8, 4) is 34.2 Å². The summed E-state index contributed by atoms with van der Waals surface area (Å²) < 4.78 is 31.0. The number of nitrogen functional groups attached to an aromatic ring is 1. The number of aromatic nitrogens is 5. The predicted molar refractivity (Wildman–Crippen MR) is 136 cm³/mol. The molecule has 5 aromatic rings. The molecule has 0 unspecified atom stereocenters. The predicted octanol–water partition coefficient (Wildman–Crippen LogP) is 3.84. The molecule has 0 aliphatic carbocycles. The van der Waals surface area contributed by atoms with Gasteiger partial charge in [-0.15, -0.1) is 0 Å². The van der Waals surface area contributed by atoms with Crippen molar-refractivity contribution in [3.05, 3.63) is 78.6 Å². The Labute approximate surface area is 215 Å². The molecular formula is C26H24F2N6O4. The monoisotopic (exact) mass is 522 g/mol. The van der Waals surface area contributed by atoms with E-state index in [1.165, 1.54) is 30.5 Å². The number of benzene rings is 1. The van der Waals surface area contributed by atoms with E-state index in [0.717, 1.165) is 0 Å². The maximum Gasteiger partial charge on any atom is 0.387 e. The second-order valence-electron chi connectivity index (χ2n) is 7.69. The number of pyridine rings is 3. The van der Waals surface area contributed by atoms with Gasteiger partial charge in [-0.25, -0.2) is 15.0 Å². The highest BCUT2D eigenvalue weighted by Gasteiger charge is 2.23. The second-order valence-corrected chi connectivity index (χ2v) is 7.69. The third kappa shape index (κ3) is 5.42. The van der Waals surface area contributed by atoms with Gasteiger partial charge in [0.15, 0.2) is 11.5 Å². The van der Waals surface area contributed by atoms with Crippen molar-refractivity contribution in [3.63, 3.8) is 0 Å². The number of hydrogen-bond donors (Lipinski definition) is 4. The lowest BCUT2D eigenvalue weighted by Gasteiger charge is -2.15. The van der Waals surface area contributed by atoms with Gasteiger partial charge in [-0.05, 0) is 60.7 Å². The molecule has 0 radical (unpaired) electrons. The first-order valence-corrected chi connectivity index (χ1v) is 11.5. The summed E-state index contributed by atoms with van der Waals surface area (Å²) in [7, 11) is 0. The van der Waals surface area contributed by atoms with Gasteiger partial charge in [0.05, 0.1) is 23.1 Å². The van der Waals surface area contributed by atoms with E-state index in [2.05, 4.69) is 19.7 Å². The molecule has 0 atom stereocenters. The van der Waals surface area contributed by atoms with Crippen LogP contribution in [0.3, 0.4) is 0 Å². The number of rotatable bonds is 6. The standard InChI is InChI=1S/C24H18F2N6O4.C2H6/c25-23(26)36-15-7-8-17(29-12-15)18-9-10-19-22(30-18)32(14-5-3-13(4-6-14)24(33,34)35)21(31-19)16-2-1-11-28-20(16)27;1-2/h1-12,23,33-35H,(H2,27,28);1-2H3. The number of nitrogens with zero attached hydrogens (tertiary/aromatic N) is 5. The average Bonchev–Trinajstić information content (AvgIpc) is 3.28. The summed E-state index contributed by atoms with van der Waals surface area (Å²) in [5.74, 6) is -2.42. The van der Waals surface area contributed by atoms with Gasteiger partial charge < -0.3 is 25.8 Å². The Morgan fingerprint density at radius 3 is 2.21 bits per heavy atom. The van der Waals surface area contributed by atoms with Crippen LogP contribution in [-0.2, 0) is 5.97 Å². The first kappa shape index (κ1) is 26.5. The zero-order valence-corrected chi connectivity index (χ0v) is 20.3. The van der Waals surface area contributed by atoms with Gasteiger partial charge in [0.25, 0.3) is 0 Å². The van der Waals surface area contributed by atoms with E-state index in [9.17, 15) is 24.1 Å². The van der Waals surface area contributed by atoms with Crippen molar-refractivity contribution >= 4 is 17.0 Å². The lowest BCUT2D eigenvalue weighted by molar-refractivity contribution is -0.323. The van der Waals surface area contributed by atoms with Crippen molar-refractivity contribution < 1.29 is 28.8 Å². The van der Waals surface area contributed by atoms with E-state index in [0.29, 0.717) is 39.6 Å². The maximum atomic E-state index is 12.5. The van der Waals surface area contributed by atoms with Crippen molar-refractivity contribution in [2.24, 2.45) is 0 Å². The van der Waals surface area contributed by atoms with E-state index < -0.39 is 12.6 Å². The van der Waals surface area contributed by atoms with Crippen molar-refractivity contribution in [1.29, 1.82) is 0 Å². The van der Waals surface area contributed by atoms with Crippen molar-refractivity contribution in [1.82, 2.24) is 24.5 Å². The van der Waals surface area contributed by atoms with Gasteiger partial charge in [-0.2, -0.15) is 8.78 Å². The van der Waals surface area contributed by atoms with Crippen molar-refractivity contribution in [2.75, 3.05) is 5.73 Å². The van der Waals surface area contributed by atoms with Gasteiger partial charge in [0, 0.05) is 17.4 Å². The molecule has 0 fully saturated rings. The molecule has 196 valence electrons. The minimum absolute atomic E-state index is 0.0815. The summed E-state index contributed by atoms with van der Waals surface area (Å²) in [6.07, 6.45) is 2.73. The van der Waals surface area contributed by atoms with Crippen LogP contribution in [0.4, 0.5) is 14.6 Å². The van der Waals surface area contributed by atoms with Crippen LogP contribution in [0.1, 0.15) is 19.4 Å². The Bertz CT molecular complexity index is 1530. The molecule has 5 N–H and O–H groups in total. The zero-order chi connectivity index (χ0) is 27.4. The zero-order valence-electron chi connectivity index (χ0n) is 20.3. The molecule has 0 aliphatic heterocycles. The van der Waals surface area contributed by atoms with E-state index in [-0.39, 0.29) is 17.1 Å². The fraction of sp³-hybridized carbons (Fsp3) is 0.154. The van der Waals surface area contributed by atoms with Crippen LogP contribution in [-0.4, -0.2) is 46.4 Å². The Morgan fingerprint density at radius 2 is 1.61 bits per heavy atom. The molecule has 4 heterocycles. The van der Waals surface area contributed by atoms with E-state index in [1.807, 2.05) is 13.8 Å². The summed E-state index contributed by atoms with van der Waals surface area (Å²) in [6, 6.07) is 15.5. The molecule has 0 saturated carbocycles. The first-order chi connectivity index (χ1) is 18.2. The molecule has 0 saturated heterocycles. The number of alkyl halides is 2. The van der Waals surface area contributed by atoms with Crippen LogP contribution in [0.25, 0.3) is 39.6 Å². The number of halogens is 2. The highest BCUT2D eigenvalue weighted by Crippen LogP contribution is 2.32. The molecule has 12 heteroatoms. The van der Waals surface area contributed by atoms with Gasteiger partial charge in [0.2, 0.25) is 0 Å². The summed E-state index contributed by atoms with van der Waals surface area (Å²) in [5.41, 5.74) is 8.82. The van der Waals surface area contributed by atoms with E-state index >= 15 is 0 Å². The van der Waals surface area contributed by atoms with Gasteiger partial charge >= 0.3 is 12.6 Å². The highest BCUT2D eigenvalue weighted by atomic mass is 19.3. The van der Waals surface area contributed by atoms with Crippen molar-refractivity contribution in [2.45, 2.75) is 26.4 Å². The third-order valence-electron chi connectivity index (χ3n) is 5.32. The molecule has 1 aromatic carbocycles. The normalized spacial score (nSPS) is 11.4. The van der Waals surface area contributed by atoms with Gasteiger partial charge in [0.1, 0.15) is 17.1 Å². The van der Waals surface area contributed by atoms with Gasteiger partial charge in [-0.3, -0.25) is 9.55 Å². The second kappa shape index (κ2) is 10.8. The summed E-state index contributed by atoms with van der Waals surface area (Å²) in [6.45, 7) is 1.04. The topological polar surface area (TPSA) is 152 Å². The first-order valence-electron chi connectivity index (χ1n) is 11.5. The maximum absolute atomic E-state index is 12.5. The Kier molecular flexibility index (Phi) is 7.57. The fourth-order valence-corrected chi connectivity index (χ4v) is 3.67. The van der Waals surface area contributed by atoms with E-state index in [1.54, 1.807) is 47.2 Å². The Hall–Kier alpha value is -4.52. The fourth-order valence-electron chi connectivity index (χ4n) is 3.67. The van der Waals surface area contributed by atoms with Crippen LogP contribution in [0, 0.1) is 0 Å². The Balaban J connectivity index is 0.00000164. The molecule has 0 spiro atoms. The number of aliphatic hydroxyl groups is 3. The molecule has 0 amide bonds. The number of anilines is 1. The minimum Gasteiger partial charge on any atom is -0.433 e. The summed E-state index contributed by atoms with van der Waals surface area (Å²) >= 11 is 0. The lowest BCUT2D eigenvalue weighted by Crippen LogP contribution is -2.23. The third-order valence-corrected chi connectivity index (χ3v) is 5.32. The Morgan fingerprint density at radius 1 is 0.895 bits per heavy atom. The van der Waals surface area contributed by atoms with Crippen LogP contribution in [0.2, 0.25) is 0 Å². The van der Waals surface area contributed by atoms with Gasteiger partial charge in [-0.1, -0.05) is 13.8 Å². The number of hydrogen-bond acceptors (Lipinski definition) is 9. The van der Waals surface area contributed by atoms with Crippen LogP contribution < -0.4 is 10.5 Å². The molecule has 38 heavy (non-hydrogen) atoms. The molecular weight excluding hydrogens is 498 g/mol. The van der Waals surface area contributed by atoms with E-state index in [4.69, 9.17) is 10.7 Å². The molecule has 0 bridgehead atoms. The number of fused-ring (bicyclic) bond motifs is 1. The molecule has 4 aromatic heterocycles. The van der Waals surface area contributed by atoms with Crippen LogP contribution in [0.5, 0.6) is 5.75 Å². The van der Waals surface area contributed by atoms with Crippen LogP contribution >= 0.6 is 0 Å². The largest absolute Gasteiger partial charge is 0.433 e. The molecule has 0 aliphatic rings. The smallest absolute Gasteiger partial charge is 0.387 e. The minimum atomic E-state index is -3.00. The lowest BCUT2D eigenvalue weighted by atomic mass is 10.1. The number of imidazole rings is 1. The molecule has 10 nitrogen and oxygen atoms in total. The SMILES string of the molecule is CC.Nc1ncccc1-c1nc2ccc(-c3ccc(OC(F)F)cn3)nc2n1-c1ccc(C(O)(O)O)cc1. The average molecular weight is 523 g/mol. The number of nitrogens with two attached hydrogens (primary N) is 1. The summed E-state index contributed by atoms with van der Waals surface area (Å²) in [5, 5.41) is 28.4.